The Bertz CT molecular complexity index is 689. The van der Waals surface area contributed by atoms with Gasteiger partial charge in [-0.15, -0.1) is 0 Å². The molecule has 0 saturated carbocycles. The Balaban J connectivity index is 2.31. The Morgan fingerprint density at radius 3 is 2.40 bits per heavy atom. The predicted molar refractivity (Wildman–Crippen MR) is 78.6 cm³/mol. The first-order chi connectivity index (χ1) is 9.38. The lowest BCUT2D eigenvalue weighted by Crippen LogP contribution is -2.07. The summed E-state index contributed by atoms with van der Waals surface area (Å²) in [5.74, 6) is -2.25. The van der Waals surface area contributed by atoms with Crippen molar-refractivity contribution >= 4 is 44.9 Å². The molecule has 0 fully saturated rings. The highest BCUT2D eigenvalue weighted by molar-refractivity contribution is 9.10. The monoisotopic (exact) mass is 378 g/mol. The van der Waals surface area contributed by atoms with Crippen molar-refractivity contribution in [1.82, 2.24) is 0 Å². The number of ketones is 1. The largest absolute Gasteiger partial charge is 0.294 e. The van der Waals surface area contributed by atoms with Crippen molar-refractivity contribution in [2.45, 2.75) is 6.42 Å². The zero-order chi connectivity index (χ0) is 14.9. The van der Waals surface area contributed by atoms with E-state index in [-0.39, 0.29) is 17.0 Å². The molecule has 0 aliphatic rings. The normalized spacial score (nSPS) is 10.7. The second-order valence-corrected chi connectivity index (χ2v) is 5.81. The van der Waals surface area contributed by atoms with Gasteiger partial charge in [-0.25, -0.2) is 8.78 Å². The van der Waals surface area contributed by atoms with Gasteiger partial charge in [0.05, 0.1) is 10.6 Å². The SMILES string of the molecule is O=C(Cc1ccc(Br)cc1Cl)c1cc(F)c(Cl)cc1F. The first-order valence-corrected chi connectivity index (χ1v) is 7.05. The first-order valence-electron chi connectivity index (χ1n) is 5.50. The molecule has 0 bridgehead atoms. The maximum Gasteiger partial charge on any atom is 0.170 e. The number of Topliss-reactive ketones (excluding diaryl/α,β-unsaturated/α-hetero) is 1. The number of hydrogen-bond donors (Lipinski definition) is 0. The predicted octanol–water partition coefficient (Wildman–Crippen LogP) is 5.46. The van der Waals surface area contributed by atoms with Crippen molar-refractivity contribution in [2.24, 2.45) is 0 Å². The summed E-state index contributed by atoms with van der Waals surface area (Å²) in [6, 6.07) is 6.57. The minimum Gasteiger partial charge on any atom is -0.294 e. The second kappa shape index (κ2) is 6.20. The molecule has 2 aromatic carbocycles. The zero-order valence-corrected chi connectivity index (χ0v) is 13.0. The van der Waals surface area contributed by atoms with Crippen LogP contribution in [0.4, 0.5) is 8.78 Å². The fourth-order valence-electron chi connectivity index (χ4n) is 1.67. The standard InChI is InChI=1S/C14H7BrCl2F2O/c15-8-2-1-7(10(16)4-8)3-14(20)9-5-13(19)11(17)6-12(9)18/h1-2,4-6H,3H2. The summed E-state index contributed by atoms with van der Waals surface area (Å²) in [6.07, 6.45) is -0.121. The van der Waals surface area contributed by atoms with E-state index in [2.05, 4.69) is 15.9 Å². The van der Waals surface area contributed by atoms with E-state index in [1.54, 1.807) is 18.2 Å². The van der Waals surface area contributed by atoms with E-state index in [9.17, 15) is 13.6 Å². The number of benzene rings is 2. The van der Waals surface area contributed by atoms with Gasteiger partial charge in [0.25, 0.3) is 0 Å². The molecule has 1 nitrogen and oxygen atoms in total. The lowest BCUT2D eigenvalue weighted by Gasteiger charge is -2.06. The molecule has 20 heavy (non-hydrogen) atoms. The Labute approximate surface area is 132 Å². The van der Waals surface area contributed by atoms with Crippen molar-refractivity contribution in [2.75, 3.05) is 0 Å². The molecule has 104 valence electrons. The third-order valence-electron chi connectivity index (χ3n) is 2.68. The van der Waals surface area contributed by atoms with Gasteiger partial charge in [0, 0.05) is 15.9 Å². The van der Waals surface area contributed by atoms with E-state index in [0.29, 0.717) is 10.6 Å². The van der Waals surface area contributed by atoms with Gasteiger partial charge in [-0.3, -0.25) is 4.79 Å². The van der Waals surface area contributed by atoms with E-state index >= 15 is 0 Å². The van der Waals surface area contributed by atoms with Crippen LogP contribution in [-0.2, 0) is 6.42 Å². The fourth-order valence-corrected chi connectivity index (χ4v) is 2.56. The molecule has 0 unspecified atom stereocenters. The molecule has 0 atom stereocenters. The van der Waals surface area contributed by atoms with Crippen LogP contribution >= 0.6 is 39.1 Å². The molecule has 2 rings (SSSR count). The molecule has 0 amide bonds. The Morgan fingerprint density at radius 1 is 1.05 bits per heavy atom. The quantitative estimate of drug-likeness (QED) is 0.511. The van der Waals surface area contributed by atoms with Crippen LogP contribution in [0.3, 0.4) is 0 Å². The van der Waals surface area contributed by atoms with Crippen LogP contribution in [0.2, 0.25) is 10.0 Å². The smallest absolute Gasteiger partial charge is 0.170 e. The average molecular weight is 380 g/mol. The second-order valence-electron chi connectivity index (χ2n) is 4.08. The molecule has 0 heterocycles. The number of carbonyl (C=O) groups is 1. The maximum absolute atomic E-state index is 13.6. The van der Waals surface area contributed by atoms with Gasteiger partial charge in [-0.2, -0.15) is 0 Å². The summed E-state index contributed by atoms with van der Waals surface area (Å²) in [5.41, 5.74) is 0.195. The van der Waals surface area contributed by atoms with Gasteiger partial charge in [-0.05, 0) is 29.8 Å². The number of carbonyl (C=O) groups excluding carboxylic acids is 1. The molecule has 0 aliphatic carbocycles. The molecular weight excluding hydrogens is 373 g/mol. The van der Waals surface area contributed by atoms with Crippen molar-refractivity contribution in [3.8, 4) is 0 Å². The van der Waals surface area contributed by atoms with Gasteiger partial charge in [-0.1, -0.05) is 45.2 Å². The molecule has 0 saturated heterocycles. The lowest BCUT2D eigenvalue weighted by molar-refractivity contribution is 0.0988. The van der Waals surface area contributed by atoms with Gasteiger partial charge < -0.3 is 0 Å². The molecule has 0 N–H and O–H groups in total. The van der Waals surface area contributed by atoms with E-state index in [0.717, 1.165) is 16.6 Å². The summed E-state index contributed by atoms with van der Waals surface area (Å²) in [6.45, 7) is 0. The summed E-state index contributed by atoms with van der Waals surface area (Å²) < 4.78 is 27.7. The van der Waals surface area contributed by atoms with Gasteiger partial charge in [0.1, 0.15) is 11.6 Å². The highest BCUT2D eigenvalue weighted by Crippen LogP contribution is 2.24. The van der Waals surface area contributed by atoms with E-state index in [1.165, 1.54) is 0 Å². The molecule has 2 aromatic rings. The van der Waals surface area contributed by atoms with Crippen LogP contribution in [0.5, 0.6) is 0 Å². The van der Waals surface area contributed by atoms with Crippen molar-refractivity contribution < 1.29 is 13.6 Å². The van der Waals surface area contributed by atoms with Crippen LogP contribution in [-0.4, -0.2) is 5.78 Å². The van der Waals surface area contributed by atoms with Crippen LogP contribution < -0.4 is 0 Å². The number of halogens is 5. The van der Waals surface area contributed by atoms with E-state index in [4.69, 9.17) is 23.2 Å². The van der Waals surface area contributed by atoms with Crippen LogP contribution in [0, 0.1) is 11.6 Å². The maximum atomic E-state index is 13.6. The molecule has 0 aromatic heterocycles. The van der Waals surface area contributed by atoms with Crippen LogP contribution in [0.15, 0.2) is 34.8 Å². The van der Waals surface area contributed by atoms with Crippen molar-refractivity contribution in [1.29, 1.82) is 0 Å². The third-order valence-corrected chi connectivity index (χ3v) is 3.81. The highest BCUT2D eigenvalue weighted by atomic mass is 79.9. The fraction of sp³-hybridized carbons (Fsp3) is 0.0714. The van der Waals surface area contributed by atoms with Crippen LogP contribution in [0.1, 0.15) is 15.9 Å². The first kappa shape index (κ1) is 15.4. The minimum atomic E-state index is -0.852. The van der Waals surface area contributed by atoms with Crippen molar-refractivity contribution in [3.63, 3.8) is 0 Å². The summed E-state index contributed by atoms with van der Waals surface area (Å²) >= 11 is 14.7. The highest BCUT2D eigenvalue weighted by Gasteiger charge is 2.17. The van der Waals surface area contributed by atoms with E-state index < -0.39 is 17.4 Å². The zero-order valence-electron chi connectivity index (χ0n) is 9.89. The van der Waals surface area contributed by atoms with Gasteiger partial charge in [0.15, 0.2) is 5.78 Å². The molecule has 0 spiro atoms. The lowest BCUT2D eigenvalue weighted by atomic mass is 10.0. The van der Waals surface area contributed by atoms with Gasteiger partial charge >= 0.3 is 0 Å². The Kier molecular flexibility index (Phi) is 4.78. The topological polar surface area (TPSA) is 17.1 Å². The number of rotatable bonds is 3. The van der Waals surface area contributed by atoms with E-state index in [1.807, 2.05) is 0 Å². The molecule has 0 radical (unpaired) electrons. The minimum absolute atomic E-state index is 0.121. The molecule has 0 aliphatic heterocycles. The Morgan fingerprint density at radius 2 is 1.75 bits per heavy atom. The summed E-state index contributed by atoms with van der Waals surface area (Å²) in [5, 5.41) is 0.0169. The van der Waals surface area contributed by atoms with Crippen LogP contribution in [0.25, 0.3) is 0 Å². The summed E-state index contributed by atoms with van der Waals surface area (Å²) in [4.78, 5) is 12.0. The average Bonchev–Trinajstić information content (AvgIpc) is 2.37. The van der Waals surface area contributed by atoms with Crippen molar-refractivity contribution in [3.05, 3.63) is 67.6 Å². The third kappa shape index (κ3) is 3.37. The summed E-state index contributed by atoms with van der Waals surface area (Å²) in [7, 11) is 0. The molecular formula is C14H7BrCl2F2O. The van der Waals surface area contributed by atoms with Gasteiger partial charge in [0.2, 0.25) is 0 Å². The Hall–Kier alpha value is -0.970. The number of hydrogen-bond acceptors (Lipinski definition) is 1. The molecule has 6 heteroatoms.